The van der Waals surface area contributed by atoms with Gasteiger partial charge < -0.3 is 0 Å². The van der Waals surface area contributed by atoms with Crippen LogP contribution in [-0.2, 0) is 9.59 Å². The van der Waals surface area contributed by atoms with Gasteiger partial charge in [-0.15, -0.1) is 5.73 Å². The van der Waals surface area contributed by atoms with Gasteiger partial charge in [-0.25, -0.2) is 0 Å². The highest BCUT2D eigenvalue weighted by Crippen LogP contribution is 2.30. The van der Waals surface area contributed by atoms with Crippen molar-refractivity contribution in [3.05, 3.63) is 99.3 Å². The van der Waals surface area contributed by atoms with Crippen LogP contribution in [0.4, 0.5) is 0 Å². The highest BCUT2D eigenvalue weighted by atomic mass is 32.2. The zero-order valence-corrected chi connectivity index (χ0v) is 17.2. The van der Waals surface area contributed by atoms with Crippen LogP contribution in [0.15, 0.2) is 99.3 Å². The Bertz CT molecular complexity index is 814. The first-order valence-electron chi connectivity index (χ1n) is 7.60. The topological polar surface area (TPSA) is 34.1 Å². The van der Waals surface area contributed by atoms with E-state index in [2.05, 4.69) is 25.5 Å². The summed E-state index contributed by atoms with van der Waals surface area (Å²) in [6, 6.07) is 0. The lowest BCUT2D eigenvalue weighted by Gasteiger charge is -2.01. The van der Waals surface area contributed by atoms with Crippen LogP contribution in [-0.4, -0.2) is 10.2 Å². The Balaban J connectivity index is 2.70. The molecule has 0 fully saturated rings. The summed E-state index contributed by atoms with van der Waals surface area (Å²) in [5.74, 6) is 0. The van der Waals surface area contributed by atoms with Gasteiger partial charge in [-0.1, -0.05) is 55.4 Å². The van der Waals surface area contributed by atoms with Gasteiger partial charge in [0.25, 0.3) is 0 Å². The SMILES string of the molecule is C=C/C(=C\C=C\SC(=O)C(=C)C)SC1=C=CC=C(SC(=O)C(=C)C)C=C1. The molecular weight excluding hydrogens is 380 g/mol. The Morgan fingerprint density at radius 1 is 1.08 bits per heavy atom. The van der Waals surface area contributed by atoms with Gasteiger partial charge in [0.05, 0.1) is 4.91 Å². The lowest BCUT2D eigenvalue weighted by Crippen LogP contribution is -1.91. The molecule has 5 heteroatoms. The van der Waals surface area contributed by atoms with E-state index in [0.29, 0.717) is 11.1 Å². The molecule has 0 aromatic heterocycles. The molecule has 134 valence electrons. The van der Waals surface area contributed by atoms with Gasteiger partial charge in [-0.05, 0) is 72.5 Å². The van der Waals surface area contributed by atoms with Gasteiger partial charge in [0.15, 0.2) is 0 Å². The van der Waals surface area contributed by atoms with Crippen LogP contribution in [0.25, 0.3) is 0 Å². The molecule has 0 spiro atoms. The van der Waals surface area contributed by atoms with E-state index in [0.717, 1.165) is 38.2 Å². The molecule has 0 saturated carbocycles. The molecule has 1 aliphatic rings. The van der Waals surface area contributed by atoms with Crippen molar-refractivity contribution in [2.75, 3.05) is 0 Å². The molecular formula is C21H20O2S3. The highest BCUT2D eigenvalue weighted by molar-refractivity contribution is 8.17. The first-order chi connectivity index (χ1) is 12.3. The van der Waals surface area contributed by atoms with Crippen molar-refractivity contribution in [3.8, 4) is 0 Å². The summed E-state index contributed by atoms with van der Waals surface area (Å²) in [5.41, 5.74) is 4.20. The van der Waals surface area contributed by atoms with Crippen LogP contribution >= 0.6 is 35.3 Å². The Hall–Kier alpha value is -1.91. The molecule has 0 unspecified atom stereocenters. The molecule has 1 aliphatic carbocycles. The number of rotatable bonds is 8. The van der Waals surface area contributed by atoms with E-state index < -0.39 is 0 Å². The molecule has 26 heavy (non-hydrogen) atoms. The Morgan fingerprint density at radius 3 is 2.38 bits per heavy atom. The summed E-state index contributed by atoms with van der Waals surface area (Å²) in [5, 5.41) is 1.61. The van der Waals surface area contributed by atoms with E-state index in [1.807, 2.05) is 24.3 Å². The fourth-order valence-corrected chi connectivity index (χ4v) is 3.29. The van der Waals surface area contributed by atoms with E-state index in [-0.39, 0.29) is 10.2 Å². The molecule has 0 heterocycles. The number of carbonyl (C=O) groups is 2. The standard InChI is InChI=1S/C21H20O2S3/c1-6-17(11-8-14-24-20(22)15(2)3)25-18-9-7-10-19(13-12-18)26-21(23)16(4)5/h6-8,10-14H,1-2,4H2,3,5H3/b14-8+,17-11+. The van der Waals surface area contributed by atoms with Gasteiger partial charge in [0.1, 0.15) is 0 Å². The second-order valence-corrected chi connectivity index (χ2v) is 8.18. The van der Waals surface area contributed by atoms with Crippen LogP contribution in [0.5, 0.6) is 0 Å². The maximum Gasteiger partial charge on any atom is 0.219 e. The fourth-order valence-electron chi connectivity index (χ4n) is 1.40. The Labute approximate surface area is 168 Å². The predicted molar refractivity (Wildman–Crippen MR) is 119 cm³/mol. The molecule has 0 aromatic rings. The van der Waals surface area contributed by atoms with Gasteiger partial charge in [-0.3, -0.25) is 9.59 Å². The quantitative estimate of drug-likeness (QED) is 0.265. The van der Waals surface area contributed by atoms with Crippen LogP contribution in [0.1, 0.15) is 13.8 Å². The molecule has 1 rings (SSSR count). The zero-order chi connectivity index (χ0) is 19.5. The van der Waals surface area contributed by atoms with Crippen molar-refractivity contribution in [2.45, 2.75) is 13.8 Å². The predicted octanol–water partition coefficient (Wildman–Crippen LogP) is 6.47. The zero-order valence-electron chi connectivity index (χ0n) is 14.8. The van der Waals surface area contributed by atoms with E-state index in [1.165, 1.54) is 11.8 Å². The van der Waals surface area contributed by atoms with Crippen LogP contribution in [0, 0.1) is 0 Å². The van der Waals surface area contributed by atoms with Crippen molar-refractivity contribution >= 4 is 45.5 Å². The highest BCUT2D eigenvalue weighted by Gasteiger charge is 2.07. The maximum atomic E-state index is 11.7. The van der Waals surface area contributed by atoms with Crippen molar-refractivity contribution in [3.63, 3.8) is 0 Å². The molecule has 0 amide bonds. The van der Waals surface area contributed by atoms with Gasteiger partial charge in [-0.2, -0.15) is 0 Å². The van der Waals surface area contributed by atoms with Gasteiger partial charge >= 0.3 is 0 Å². The maximum absolute atomic E-state index is 11.7. The summed E-state index contributed by atoms with van der Waals surface area (Å²) in [7, 11) is 0. The number of allylic oxidation sites excluding steroid dienone is 6. The first kappa shape index (κ1) is 22.1. The number of hydrogen-bond acceptors (Lipinski definition) is 5. The summed E-state index contributed by atoms with van der Waals surface area (Å²) in [6.45, 7) is 14.5. The number of hydrogen-bond donors (Lipinski definition) is 0. The van der Waals surface area contributed by atoms with E-state index in [1.54, 1.807) is 37.5 Å². The summed E-state index contributed by atoms with van der Waals surface area (Å²) >= 11 is 3.73. The van der Waals surface area contributed by atoms with E-state index in [4.69, 9.17) is 0 Å². The molecule has 2 nitrogen and oxygen atoms in total. The monoisotopic (exact) mass is 400 g/mol. The van der Waals surface area contributed by atoms with Crippen molar-refractivity contribution < 1.29 is 9.59 Å². The first-order valence-corrected chi connectivity index (χ1v) is 10.1. The van der Waals surface area contributed by atoms with Gasteiger partial charge in [0, 0.05) is 9.81 Å². The van der Waals surface area contributed by atoms with Crippen molar-refractivity contribution in [2.24, 2.45) is 0 Å². The molecule has 0 aliphatic heterocycles. The van der Waals surface area contributed by atoms with Crippen molar-refractivity contribution in [1.29, 1.82) is 0 Å². The molecule has 0 radical (unpaired) electrons. The van der Waals surface area contributed by atoms with Gasteiger partial charge in [0.2, 0.25) is 10.2 Å². The third-order valence-corrected chi connectivity index (χ3v) is 5.63. The second-order valence-electron chi connectivity index (χ2n) is 5.14. The molecule has 0 N–H and O–H groups in total. The van der Waals surface area contributed by atoms with E-state index >= 15 is 0 Å². The average molecular weight is 401 g/mol. The Morgan fingerprint density at radius 2 is 1.77 bits per heavy atom. The largest absolute Gasteiger partial charge is 0.282 e. The third-order valence-electron chi connectivity index (χ3n) is 2.72. The molecule has 0 saturated heterocycles. The van der Waals surface area contributed by atoms with Crippen LogP contribution in [0.2, 0.25) is 0 Å². The number of thioether (sulfide) groups is 3. The van der Waals surface area contributed by atoms with Crippen LogP contribution < -0.4 is 0 Å². The summed E-state index contributed by atoms with van der Waals surface area (Å²) in [4.78, 5) is 25.9. The smallest absolute Gasteiger partial charge is 0.219 e. The minimum Gasteiger partial charge on any atom is -0.282 e. The van der Waals surface area contributed by atoms with E-state index in [9.17, 15) is 9.59 Å². The normalized spacial score (nSPS) is 13.8. The van der Waals surface area contributed by atoms with Crippen molar-refractivity contribution in [1.82, 2.24) is 0 Å². The van der Waals surface area contributed by atoms with Crippen LogP contribution in [0.3, 0.4) is 0 Å². The number of carbonyl (C=O) groups excluding carboxylic acids is 2. The minimum atomic E-state index is -0.0554. The Kier molecular flexibility index (Phi) is 9.92. The minimum absolute atomic E-state index is 0.0518. The lowest BCUT2D eigenvalue weighted by atomic mass is 10.4. The fraction of sp³-hybridized carbons (Fsp3) is 0.0952. The molecule has 0 bridgehead atoms. The summed E-state index contributed by atoms with van der Waals surface area (Å²) < 4.78 is 0. The molecule has 0 atom stereocenters. The molecule has 0 aromatic carbocycles. The summed E-state index contributed by atoms with van der Waals surface area (Å²) in [6.07, 6.45) is 12.8. The lowest BCUT2D eigenvalue weighted by molar-refractivity contribution is -0.108. The average Bonchev–Trinajstić information content (AvgIpc) is 2.82. The third kappa shape index (κ3) is 8.45. The second kappa shape index (κ2) is 11.7.